The Hall–Kier alpha value is -1.48. The van der Waals surface area contributed by atoms with Crippen LogP contribution in [-0.2, 0) is 11.3 Å². The number of hydrogen-bond donors (Lipinski definition) is 0. The molecule has 2 aromatic rings. The number of aromatic nitrogens is 1. The average molecular weight is 280 g/mol. The van der Waals surface area contributed by atoms with Gasteiger partial charge in [-0.2, -0.15) is 0 Å². The fourth-order valence-electron chi connectivity index (χ4n) is 1.87. The molecule has 0 saturated heterocycles. The van der Waals surface area contributed by atoms with E-state index in [1.807, 2.05) is 12.1 Å². The first kappa shape index (κ1) is 13.9. The molecule has 0 unspecified atom stereocenters. The van der Waals surface area contributed by atoms with E-state index in [0.717, 1.165) is 17.0 Å². The smallest absolute Gasteiger partial charge is 0.170 e. The van der Waals surface area contributed by atoms with Crippen LogP contribution in [0.1, 0.15) is 32.0 Å². The van der Waals surface area contributed by atoms with Gasteiger partial charge in [0.05, 0.1) is 24.2 Å². The molecule has 2 rings (SSSR count). The number of halogens is 1. The molecular formula is C15H18ClNO2. The molecular weight excluding hydrogens is 262 g/mol. The molecule has 0 spiro atoms. The second-order valence-corrected chi connectivity index (χ2v) is 5.75. The van der Waals surface area contributed by atoms with Gasteiger partial charge in [-0.15, -0.1) is 11.6 Å². The van der Waals surface area contributed by atoms with E-state index < -0.39 is 0 Å². The summed E-state index contributed by atoms with van der Waals surface area (Å²) in [6.07, 6.45) is 0. The van der Waals surface area contributed by atoms with Gasteiger partial charge in [-0.05, 0) is 23.1 Å². The van der Waals surface area contributed by atoms with Gasteiger partial charge in [-0.3, -0.25) is 0 Å². The van der Waals surface area contributed by atoms with Crippen LogP contribution in [-0.4, -0.2) is 12.3 Å². The maximum Gasteiger partial charge on any atom is 0.170 e. The summed E-state index contributed by atoms with van der Waals surface area (Å²) in [5.41, 5.74) is 2.90. The fourth-order valence-corrected chi connectivity index (χ4v) is 1.99. The molecule has 0 amide bonds. The predicted molar refractivity (Wildman–Crippen MR) is 76.7 cm³/mol. The van der Waals surface area contributed by atoms with Gasteiger partial charge in [0, 0.05) is 6.07 Å². The quantitative estimate of drug-likeness (QED) is 0.782. The Morgan fingerprint density at radius 3 is 2.53 bits per heavy atom. The minimum atomic E-state index is 0.0658. The summed E-state index contributed by atoms with van der Waals surface area (Å²) in [6.45, 7) is 6.51. The topological polar surface area (TPSA) is 35.3 Å². The van der Waals surface area contributed by atoms with Gasteiger partial charge in [0.2, 0.25) is 0 Å². The standard InChI is InChI=1S/C15H18ClNO2/c1-15(2,3)10-5-6-13(18-4)12(7-10)14-8-11(9-16)17-19-14/h5-8H,9H2,1-4H3. The maximum absolute atomic E-state index is 5.75. The number of hydrogen-bond acceptors (Lipinski definition) is 3. The van der Waals surface area contributed by atoms with Crippen LogP contribution >= 0.6 is 11.6 Å². The van der Waals surface area contributed by atoms with Gasteiger partial charge < -0.3 is 9.26 Å². The molecule has 0 aliphatic rings. The summed E-state index contributed by atoms with van der Waals surface area (Å²) in [7, 11) is 1.65. The van der Waals surface area contributed by atoms with Crippen molar-refractivity contribution in [2.24, 2.45) is 0 Å². The molecule has 1 aromatic carbocycles. The lowest BCUT2D eigenvalue weighted by atomic mass is 9.86. The van der Waals surface area contributed by atoms with Crippen LogP contribution in [0.2, 0.25) is 0 Å². The minimum absolute atomic E-state index is 0.0658. The van der Waals surface area contributed by atoms with Crippen molar-refractivity contribution in [2.45, 2.75) is 32.1 Å². The highest BCUT2D eigenvalue weighted by Crippen LogP contribution is 2.35. The average Bonchev–Trinajstić information content (AvgIpc) is 2.85. The Kier molecular flexibility index (Phi) is 3.85. The lowest BCUT2D eigenvalue weighted by molar-refractivity contribution is 0.404. The van der Waals surface area contributed by atoms with Crippen LogP contribution in [0.25, 0.3) is 11.3 Å². The first-order chi connectivity index (χ1) is 8.95. The molecule has 1 aromatic heterocycles. The van der Waals surface area contributed by atoms with Crippen LogP contribution in [0.3, 0.4) is 0 Å². The SMILES string of the molecule is COc1ccc(C(C)(C)C)cc1-c1cc(CCl)no1. The Bertz CT molecular complexity index is 570. The molecule has 1 heterocycles. The maximum atomic E-state index is 5.75. The molecule has 19 heavy (non-hydrogen) atoms. The zero-order valence-corrected chi connectivity index (χ0v) is 12.4. The van der Waals surface area contributed by atoms with Crippen LogP contribution in [0.15, 0.2) is 28.8 Å². The van der Waals surface area contributed by atoms with Crippen molar-refractivity contribution in [3.05, 3.63) is 35.5 Å². The van der Waals surface area contributed by atoms with Gasteiger partial charge in [0.15, 0.2) is 5.76 Å². The fraction of sp³-hybridized carbons (Fsp3) is 0.400. The molecule has 102 valence electrons. The number of alkyl halides is 1. The highest BCUT2D eigenvalue weighted by atomic mass is 35.5. The normalized spacial score (nSPS) is 11.6. The second-order valence-electron chi connectivity index (χ2n) is 5.48. The van der Waals surface area contributed by atoms with Gasteiger partial charge in [0.25, 0.3) is 0 Å². The number of nitrogens with zero attached hydrogens (tertiary/aromatic N) is 1. The zero-order valence-electron chi connectivity index (χ0n) is 11.7. The molecule has 4 heteroatoms. The van der Waals surface area contributed by atoms with Gasteiger partial charge in [0.1, 0.15) is 5.75 Å². The molecule has 0 bridgehead atoms. The van der Waals surface area contributed by atoms with E-state index in [-0.39, 0.29) is 5.41 Å². The van der Waals surface area contributed by atoms with E-state index in [1.165, 1.54) is 5.56 Å². The number of ether oxygens (including phenoxy) is 1. The first-order valence-electron chi connectivity index (χ1n) is 6.16. The van der Waals surface area contributed by atoms with E-state index in [0.29, 0.717) is 11.6 Å². The minimum Gasteiger partial charge on any atom is -0.496 e. The largest absolute Gasteiger partial charge is 0.496 e. The van der Waals surface area contributed by atoms with Crippen LogP contribution in [0, 0.1) is 0 Å². The Morgan fingerprint density at radius 2 is 2.00 bits per heavy atom. The molecule has 0 aliphatic heterocycles. The van der Waals surface area contributed by atoms with Gasteiger partial charge in [-0.25, -0.2) is 0 Å². The zero-order chi connectivity index (χ0) is 14.0. The molecule has 0 N–H and O–H groups in total. The highest BCUT2D eigenvalue weighted by molar-refractivity contribution is 6.16. The predicted octanol–water partition coefficient (Wildman–Crippen LogP) is 4.39. The molecule has 3 nitrogen and oxygen atoms in total. The van der Waals surface area contributed by atoms with Crippen molar-refractivity contribution in [1.29, 1.82) is 0 Å². The second kappa shape index (κ2) is 5.25. The van der Waals surface area contributed by atoms with Crippen molar-refractivity contribution in [3.8, 4) is 17.1 Å². The molecule has 0 saturated carbocycles. The first-order valence-corrected chi connectivity index (χ1v) is 6.69. The number of rotatable bonds is 3. The third-order valence-corrected chi connectivity index (χ3v) is 3.30. The summed E-state index contributed by atoms with van der Waals surface area (Å²) in [5.74, 6) is 1.79. The third kappa shape index (κ3) is 2.92. The van der Waals surface area contributed by atoms with E-state index in [2.05, 4.69) is 38.1 Å². The summed E-state index contributed by atoms with van der Waals surface area (Å²) in [4.78, 5) is 0. The van der Waals surface area contributed by atoms with Crippen LogP contribution in [0.5, 0.6) is 5.75 Å². The van der Waals surface area contributed by atoms with Crippen LogP contribution < -0.4 is 4.74 Å². The van der Waals surface area contributed by atoms with E-state index >= 15 is 0 Å². The van der Waals surface area contributed by atoms with Crippen molar-refractivity contribution in [2.75, 3.05) is 7.11 Å². The summed E-state index contributed by atoms with van der Waals surface area (Å²) < 4.78 is 10.7. The van der Waals surface area contributed by atoms with Gasteiger partial charge >= 0.3 is 0 Å². The van der Waals surface area contributed by atoms with E-state index in [9.17, 15) is 0 Å². The summed E-state index contributed by atoms with van der Waals surface area (Å²) in [5, 5.41) is 3.92. The third-order valence-electron chi connectivity index (χ3n) is 3.03. The number of methoxy groups -OCH3 is 1. The van der Waals surface area contributed by atoms with Crippen molar-refractivity contribution >= 4 is 11.6 Å². The van der Waals surface area contributed by atoms with Crippen molar-refractivity contribution in [3.63, 3.8) is 0 Å². The van der Waals surface area contributed by atoms with E-state index in [4.69, 9.17) is 20.9 Å². The summed E-state index contributed by atoms with van der Waals surface area (Å²) >= 11 is 5.75. The van der Waals surface area contributed by atoms with Crippen molar-refractivity contribution in [1.82, 2.24) is 5.16 Å². The number of benzene rings is 1. The highest BCUT2D eigenvalue weighted by Gasteiger charge is 2.18. The molecule has 0 radical (unpaired) electrons. The van der Waals surface area contributed by atoms with Crippen molar-refractivity contribution < 1.29 is 9.26 Å². The molecule has 0 atom stereocenters. The Labute approximate surface area is 118 Å². The molecule has 0 aliphatic carbocycles. The monoisotopic (exact) mass is 279 g/mol. The lowest BCUT2D eigenvalue weighted by Crippen LogP contribution is -2.11. The Balaban J connectivity index is 2.53. The van der Waals surface area contributed by atoms with Crippen LogP contribution in [0.4, 0.5) is 0 Å². The van der Waals surface area contributed by atoms with E-state index in [1.54, 1.807) is 7.11 Å². The lowest BCUT2D eigenvalue weighted by Gasteiger charge is -2.20. The molecule has 0 fully saturated rings. The summed E-state index contributed by atoms with van der Waals surface area (Å²) in [6, 6.07) is 7.95. The van der Waals surface area contributed by atoms with Gasteiger partial charge in [-0.1, -0.05) is 32.0 Å². The Morgan fingerprint density at radius 1 is 1.26 bits per heavy atom.